The minimum absolute atomic E-state index is 0.505. The molecule has 0 unspecified atom stereocenters. The van der Waals surface area contributed by atoms with Crippen LogP contribution in [0.1, 0.15) is 82.4 Å². The molecule has 19 heavy (non-hydrogen) atoms. The second-order valence-electron chi connectivity index (χ2n) is 4.83. The number of rotatable bonds is 1. The lowest BCUT2D eigenvalue weighted by Crippen LogP contribution is -2.05. The van der Waals surface area contributed by atoms with E-state index in [2.05, 4.69) is 19.9 Å². The highest BCUT2D eigenvalue weighted by Crippen LogP contribution is 2.38. The quantitative estimate of drug-likeness (QED) is 0.649. The molecule has 1 aromatic carbocycles. The maximum atomic E-state index is 9.97. The molecule has 0 atom stereocenters. The van der Waals surface area contributed by atoms with Crippen LogP contribution in [0.2, 0.25) is 0 Å². The summed E-state index contributed by atoms with van der Waals surface area (Å²) in [4.78, 5) is 0. The molecule has 0 amide bonds. The van der Waals surface area contributed by atoms with Crippen LogP contribution in [0.4, 0.5) is 0 Å². The van der Waals surface area contributed by atoms with Crippen molar-refractivity contribution in [2.75, 3.05) is 0 Å². The molecule has 0 heterocycles. The summed E-state index contributed by atoms with van der Waals surface area (Å²) in [6.45, 7) is 12.2. The van der Waals surface area contributed by atoms with Crippen LogP contribution in [0.3, 0.4) is 0 Å². The minimum Gasteiger partial charge on any atom is -0.508 e. The predicted octanol–water partition coefficient (Wildman–Crippen LogP) is 6.11. The van der Waals surface area contributed by atoms with Gasteiger partial charge in [-0.2, -0.15) is 0 Å². The van der Waals surface area contributed by atoms with E-state index in [1.54, 1.807) is 0 Å². The molecular formula is C18H32O. The van der Waals surface area contributed by atoms with Crippen LogP contribution in [-0.2, 0) is 0 Å². The van der Waals surface area contributed by atoms with E-state index in [9.17, 15) is 5.11 Å². The molecule has 2 rings (SSSR count). The summed E-state index contributed by atoms with van der Waals surface area (Å²) in [7, 11) is 0. The van der Waals surface area contributed by atoms with Crippen molar-refractivity contribution in [2.45, 2.75) is 79.6 Å². The Kier molecular flexibility index (Phi) is 9.38. The van der Waals surface area contributed by atoms with Crippen LogP contribution in [0.25, 0.3) is 0 Å². The third-order valence-electron chi connectivity index (χ3n) is 3.69. The molecule has 1 fully saturated rings. The summed E-state index contributed by atoms with van der Waals surface area (Å²) in [5, 5.41) is 9.97. The topological polar surface area (TPSA) is 20.2 Å². The molecule has 1 N–H and O–H groups in total. The number of phenolic OH excluding ortho intramolecular Hbond substituents is 1. The van der Waals surface area contributed by atoms with Crippen LogP contribution < -0.4 is 0 Å². The number of hydrogen-bond acceptors (Lipinski definition) is 1. The molecule has 0 radical (unpaired) electrons. The van der Waals surface area contributed by atoms with Crippen molar-refractivity contribution >= 4 is 0 Å². The number of aromatic hydroxyl groups is 1. The highest BCUT2D eigenvalue weighted by molar-refractivity contribution is 5.42. The molecule has 1 heteroatoms. The van der Waals surface area contributed by atoms with Gasteiger partial charge < -0.3 is 5.11 Å². The summed E-state index contributed by atoms with van der Waals surface area (Å²) in [5.74, 6) is 1.10. The first kappa shape index (κ1) is 18.0. The first-order valence-corrected chi connectivity index (χ1v) is 7.98. The number of phenols is 1. The zero-order chi connectivity index (χ0) is 14.8. The number of hydrogen-bond donors (Lipinski definition) is 1. The first-order valence-electron chi connectivity index (χ1n) is 7.98. The minimum atomic E-state index is 0.505. The van der Waals surface area contributed by atoms with E-state index < -0.39 is 0 Å². The largest absolute Gasteiger partial charge is 0.508 e. The van der Waals surface area contributed by atoms with Crippen molar-refractivity contribution in [1.29, 1.82) is 0 Å². The Hall–Kier alpha value is -0.980. The summed E-state index contributed by atoms with van der Waals surface area (Å²) in [5.41, 5.74) is 3.67. The molecule has 0 aliphatic heterocycles. The SMILES string of the molecule is CC.CC.Cc1cc(O)c(C2CCCCC2)cc1C. The van der Waals surface area contributed by atoms with Gasteiger partial charge in [-0.3, -0.25) is 0 Å². The molecule has 1 aliphatic rings. The van der Waals surface area contributed by atoms with Gasteiger partial charge in [-0.1, -0.05) is 53.0 Å². The van der Waals surface area contributed by atoms with Crippen LogP contribution in [0, 0.1) is 13.8 Å². The zero-order valence-corrected chi connectivity index (χ0v) is 13.7. The van der Waals surface area contributed by atoms with Gasteiger partial charge in [0.1, 0.15) is 5.75 Å². The van der Waals surface area contributed by atoms with Crippen molar-refractivity contribution < 1.29 is 5.11 Å². The van der Waals surface area contributed by atoms with Crippen LogP contribution >= 0.6 is 0 Å². The van der Waals surface area contributed by atoms with E-state index >= 15 is 0 Å². The van der Waals surface area contributed by atoms with Crippen LogP contribution in [0.5, 0.6) is 5.75 Å². The van der Waals surface area contributed by atoms with Crippen LogP contribution in [0.15, 0.2) is 12.1 Å². The maximum absolute atomic E-state index is 9.97. The Morgan fingerprint density at radius 1 is 0.842 bits per heavy atom. The molecule has 1 aromatic rings. The van der Waals surface area contributed by atoms with Gasteiger partial charge in [0.25, 0.3) is 0 Å². The zero-order valence-electron chi connectivity index (χ0n) is 13.7. The Bertz CT molecular complexity index is 349. The number of aryl methyl sites for hydroxylation is 2. The van der Waals surface area contributed by atoms with Gasteiger partial charge >= 0.3 is 0 Å². The summed E-state index contributed by atoms with van der Waals surface area (Å²) in [6.07, 6.45) is 6.49. The van der Waals surface area contributed by atoms with Gasteiger partial charge in [0, 0.05) is 0 Å². The van der Waals surface area contributed by atoms with Crippen LogP contribution in [-0.4, -0.2) is 5.11 Å². The lowest BCUT2D eigenvalue weighted by Gasteiger charge is -2.23. The van der Waals surface area contributed by atoms with E-state index in [0.29, 0.717) is 11.7 Å². The normalized spacial score (nSPS) is 14.8. The van der Waals surface area contributed by atoms with Gasteiger partial charge in [0.2, 0.25) is 0 Å². The van der Waals surface area contributed by atoms with E-state index in [-0.39, 0.29) is 0 Å². The molecule has 1 saturated carbocycles. The third-order valence-corrected chi connectivity index (χ3v) is 3.69. The second kappa shape index (κ2) is 9.89. The fourth-order valence-electron chi connectivity index (χ4n) is 2.56. The van der Waals surface area contributed by atoms with E-state index in [1.807, 2.05) is 33.8 Å². The van der Waals surface area contributed by atoms with Gasteiger partial charge in [-0.05, 0) is 55.4 Å². The smallest absolute Gasteiger partial charge is 0.119 e. The molecule has 0 spiro atoms. The van der Waals surface area contributed by atoms with E-state index in [4.69, 9.17) is 0 Å². The molecule has 1 nitrogen and oxygen atoms in total. The fraction of sp³-hybridized carbons (Fsp3) is 0.667. The number of benzene rings is 1. The highest BCUT2D eigenvalue weighted by Gasteiger charge is 2.18. The lowest BCUT2D eigenvalue weighted by atomic mass is 9.83. The lowest BCUT2D eigenvalue weighted by molar-refractivity contribution is 0.414. The first-order chi connectivity index (χ1) is 9.18. The van der Waals surface area contributed by atoms with Crippen molar-refractivity contribution in [1.82, 2.24) is 0 Å². The second-order valence-corrected chi connectivity index (χ2v) is 4.83. The van der Waals surface area contributed by atoms with Crippen molar-refractivity contribution in [3.63, 3.8) is 0 Å². The van der Waals surface area contributed by atoms with Gasteiger partial charge in [0.05, 0.1) is 0 Å². The molecule has 0 saturated heterocycles. The van der Waals surface area contributed by atoms with Crippen molar-refractivity contribution in [2.24, 2.45) is 0 Å². The van der Waals surface area contributed by atoms with E-state index in [1.165, 1.54) is 48.8 Å². The predicted molar refractivity (Wildman–Crippen MR) is 86.1 cm³/mol. The van der Waals surface area contributed by atoms with Gasteiger partial charge in [-0.15, -0.1) is 0 Å². The summed E-state index contributed by atoms with van der Waals surface area (Å²) in [6, 6.07) is 4.10. The molecule has 0 aromatic heterocycles. The molecule has 110 valence electrons. The summed E-state index contributed by atoms with van der Waals surface area (Å²) < 4.78 is 0. The average Bonchev–Trinajstić information content (AvgIpc) is 2.48. The average molecular weight is 264 g/mol. The molecular weight excluding hydrogens is 232 g/mol. The Morgan fingerprint density at radius 3 is 1.84 bits per heavy atom. The van der Waals surface area contributed by atoms with Gasteiger partial charge in [0.15, 0.2) is 0 Å². The monoisotopic (exact) mass is 264 g/mol. The molecule has 0 bridgehead atoms. The third kappa shape index (κ3) is 5.26. The Balaban J connectivity index is 0.000000741. The maximum Gasteiger partial charge on any atom is 0.119 e. The standard InChI is InChI=1S/C14H20O.2C2H6/c1-10-8-13(14(15)9-11(10)2)12-6-4-3-5-7-12;2*1-2/h8-9,12,15H,3-7H2,1-2H3;2*1-2H3. The Morgan fingerprint density at radius 2 is 1.32 bits per heavy atom. The highest BCUT2D eigenvalue weighted by atomic mass is 16.3. The molecule has 1 aliphatic carbocycles. The van der Waals surface area contributed by atoms with Crippen molar-refractivity contribution in [3.05, 3.63) is 28.8 Å². The van der Waals surface area contributed by atoms with Gasteiger partial charge in [-0.25, -0.2) is 0 Å². The Labute approximate surface area is 120 Å². The van der Waals surface area contributed by atoms with E-state index in [0.717, 1.165) is 0 Å². The fourth-order valence-corrected chi connectivity index (χ4v) is 2.56. The summed E-state index contributed by atoms with van der Waals surface area (Å²) >= 11 is 0. The van der Waals surface area contributed by atoms with Crippen molar-refractivity contribution in [3.8, 4) is 5.75 Å².